The van der Waals surface area contributed by atoms with Gasteiger partial charge in [0.05, 0.1) is 12.7 Å². The highest BCUT2D eigenvalue weighted by atomic mass is 16.5. The molecule has 2 amide bonds. The van der Waals surface area contributed by atoms with Crippen LogP contribution in [0.1, 0.15) is 16.1 Å². The Labute approximate surface area is 154 Å². The van der Waals surface area contributed by atoms with E-state index < -0.39 is 12.0 Å². The molecule has 3 aromatic rings. The third-order valence-electron chi connectivity index (χ3n) is 3.65. The Balaban J connectivity index is 1.66. The summed E-state index contributed by atoms with van der Waals surface area (Å²) in [5.41, 5.74) is 7.07. The first-order chi connectivity index (χ1) is 13.1. The van der Waals surface area contributed by atoms with Crippen LogP contribution in [-0.4, -0.2) is 24.3 Å². The second-order valence-electron chi connectivity index (χ2n) is 5.52. The monoisotopic (exact) mass is 367 g/mol. The molecule has 1 aromatic heterocycles. The van der Waals surface area contributed by atoms with Gasteiger partial charge in [-0.25, -0.2) is 9.59 Å². The SMILES string of the molecule is COc1ccccc1-c1cc(COC(=O)c2cccc(NC(N)=O)c2)on1. The molecule has 1 heterocycles. The molecule has 0 spiro atoms. The maximum absolute atomic E-state index is 12.2. The Morgan fingerprint density at radius 2 is 1.96 bits per heavy atom. The van der Waals surface area contributed by atoms with Gasteiger partial charge in [-0.1, -0.05) is 23.4 Å². The molecule has 0 unspecified atom stereocenters. The number of nitrogens with two attached hydrogens (primary N) is 1. The van der Waals surface area contributed by atoms with Crippen LogP contribution in [0.3, 0.4) is 0 Å². The van der Waals surface area contributed by atoms with E-state index in [1.807, 2.05) is 24.3 Å². The van der Waals surface area contributed by atoms with Gasteiger partial charge in [0.25, 0.3) is 0 Å². The minimum atomic E-state index is -0.717. The Morgan fingerprint density at radius 1 is 1.15 bits per heavy atom. The van der Waals surface area contributed by atoms with Crippen molar-refractivity contribution >= 4 is 17.7 Å². The van der Waals surface area contributed by atoms with Gasteiger partial charge in [-0.3, -0.25) is 0 Å². The summed E-state index contributed by atoms with van der Waals surface area (Å²) in [6, 6.07) is 14.6. The van der Waals surface area contributed by atoms with Gasteiger partial charge in [0.15, 0.2) is 12.4 Å². The van der Waals surface area contributed by atoms with Gasteiger partial charge in [0.2, 0.25) is 0 Å². The number of primary amides is 1. The van der Waals surface area contributed by atoms with E-state index in [1.165, 1.54) is 6.07 Å². The predicted octanol–water partition coefficient (Wildman–Crippen LogP) is 3.20. The highest BCUT2D eigenvalue weighted by Gasteiger charge is 2.14. The molecule has 0 saturated carbocycles. The number of hydrogen-bond donors (Lipinski definition) is 2. The fourth-order valence-corrected chi connectivity index (χ4v) is 2.45. The summed E-state index contributed by atoms with van der Waals surface area (Å²) in [7, 11) is 1.57. The molecule has 3 rings (SSSR count). The quantitative estimate of drug-likeness (QED) is 0.646. The molecule has 3 N–H and O–H groups in total. The summed E-state index contributed by atoms with van der Waals surface area (Å²) in [5.74, 6) is 0.474. The molecule has 0 atom stereocenters. The zero-order valence-corrected chi connectivity index (χ0v) is 14.5. The van der Waals surface area contributed by atoms with Crippen LogP contribution in [0.15, 0.2) is 59.1 Å². The van der Waals surface area contributed by atoms with Crippen LogP contribution in [0, 0.1) is 0 Å². The highest BCUT2D eigenvalue weighted by molar-refractivity contribution is 5.93. The van der Waals surface area contributed by atoms with Crippen LogP contribution in [-0.2, 0) is 11.3 Å². The number of nitrogens with zero attached hydrogens (tertiary/aromatic N) is 1. The molecular weight excluding hydrogens is 350 g/mol. The number of hydrogen-bond acceptors (Lipinski definition) is 6. The van der Waals surface area contributed by atoms with Gasteiger partial charge in [-0.05, 0) is 30.3 Å². The minimum Gasteiger partial charge on any atom is -0.496 e. The van der Waals surface area contributed by atoms with Crippen molar-refractivity contribution in [2.75, 3.05) is 12.4 Å². The number of ether oxygens (including phenoxy) is 2. The van der Waals surface area contributed by atoms with Crippen LogP contribution in [0.25, 0.3) is 11.3 Å². The number of para-hydroxylation sites is 1. The summed E-state index contributed by atoms with van der Waals surface area (Å²) < 4.78 is 15.8. The number of aromatic nitrogens is 1. The smallest absolute Gasteiger partial charge is 0.338 e. The first kappa shape index (κ1) is 18.0. The van der Waals surface area contributed by atoms with Crippen LogP contribution in [0.4, 0.5) is 10.5 Å². The number of rotatable bonds is 6. The van der Waals surface area contributed by atoms with E-state index in [0.29, 0.717) is 22.9 Å². The van der Waals surface area contributed by atoms with E-state index >= 15 is 0 Å². The first-order valence-electron chi connectivity index (χ1n) is 7.99. The van der Waals surface area contributed by atoms with Gasteiger partial charge in [0.1, 0.15) is 11.4 Å². The van der Waals surface area contributed by atoms with Gasteiger partial charge < -0.3 is 25.0 Å². The largest absolute Gasteiger partial charge is 0.496 e. The van der Waals surface area contributed by atoms with E-state index in [9.17, 15) is 9.59 Å². The topological polar surface area (TPSA) is 117 Å². The molecule has 0 fully saturated rings. The maximum Gasteiger partial charge on any atom is 0.338 e. The lowest BCUT2D eigenvalue weighted by atomic mass is 10.1. The number of urea groups is 1. The molecule has 0 aliphatic carbocycles. The highest BCUT2D eigenvalue weighted by Crippen LogP contribution is 2.29. The van der Waals surface area contributed by atoms with E-state index in [4.69, 9.17) is 19.7 Å². The Hall–Kier alpha value is -3.81. The van der Waals surface area contributed by atoms with Crippen molar-refractivity contribution in [3.05, 3.63) is 65.9 Å². The third-order valence-corrected chi connectivity index (χ3v) is 3.65. The molecule has 27 heavy (non-hydrogen) atoms. The molecule has 0 bridgehead atoms. The number of nitrogens with one attached hydrogen (secondary N) is 1. The molecule has 0 radical (unpaired) electrons. The number of methoxy groups -OCH3 is 1. The van der Waals surface area contributed by atoms with Crippen molar-refractivity contribution < 1.29 is 23.6 Å². The van der Waals surface area contributed by atoms with Crippen LogP contribution in [0.2, 0.25) is 0 Å². The molecule has 8 nitrogen and oxygen atoms in total. The molecule has 8 heteroatoms. The lowest BCUT2D eigenvalue weighted by Crippen LogP contribution is -2.19. The fraction of sp³-hybridized carbons (Fsp3) is 0.105. The van der Waals surface area contributed by atoms with Gasteiger partial charge in [0, 0.05) is 17.3 Å². The van der Waals surface area contributed by atoms with Crippen molar-refractivity contribution in [2.45, 2.75) is 6.61 Å². The van der Waals surface area contributed by atoms with E-state index in [2.05, 4.69) is 10.5 Å². The average Bonchev–Trinajstić information content (AvgIpc) is 3.14. The number of amides is 2. The van der Waals surface area contributed by atoms with Crippen molar-refractivity contribution in [2.24, 2.45) is 5.73 Å². The van der Waals surface area contributed by atoms with Crippen molar-refractivity contribution in [1.82, 2.24) is 5.16 Å². The van der Waals surface area contributed by atoms with E-state index in [-0.39, 0.29) is 12.2 Å². The van der Waals surface area contributed by atoms with Crippen molar-refractivity contribution in [3.8, 4) is 17.0 Å². The third kappa shape index (κ3) is 4.43. The number of anilines is 1. The molecule has 138 valence electrons. The Bertz CT molecular complexity index is 967. The summed E-state index contributed by atoms with van der Waals surface area (Å²) in [6.45, 7) is -0.0888. The number of benzene rings is 2. The van der Waals surface area contributed by atoms with E-state index in [1.54, 1.807) is 31.4 Å². The lowest BCUT2D eigenvalue weighted by Gasteiger charge is -2.05. The molecule has 0 aliphatic rings. The fourth-order valence-electron chi connectivity index (χ4n) is 2.45. The zero-order chi connectivity index (χ0) is 19.2. The predicted molar refractivity (Wildman–Crippen MR) is 97.3 cm³/mol. The maximum atomic E-state index is 12.2. The van der Waals surface area contributed by atoms with Crippen LogP contribution >= 0.6 is 0 Å². The average molecular weight is 367 g/mol. The summed E-state index contributed by atoms with van der Waals surface area (Å²) in [6.07, 6.45) is 0. The van der Waals surface area contributed by atoms with Crippen LogP contribution < -0.4 is 15.8 Å². The van der Waals surface area contributed by atoms with Gasteiger partial charge >= 0.3 is 12.0 Å². The molecule has 2 aromatic carbocycles. The van der Waals surface area contributed by atoms with Crippen molar-refractivity contribution in [3.63, 3.8) is 0 Å². The number of carbonyl (C=O) groups is 2. The standard InChI is InChI=1S/C19H17N3O5/c1-25-17-8-3-2-7-15(17)16-10-14(27-22-16)11-26-18(23)12-5-4-6-13(9-12)21-19(20)24/h2-10H,11H2,1H3,(H3,20,21,24). The van der Waals surface area contributed by atoms with E-state index in [0.717, 1.165) is 5.56 Å². The van der Waals surface area contributed by atoms with Crippen LogP contribution in [0.5, 0.6) is 5.75 Å². The molecular formula is C19H17N3O5. The second kappa shape index (κ2) is 8.05. The molecule has 0 saturated heterocycles. The second-order valence-corrected chi connectivity index (χ2v) is 5.52. The zero-order valence-electron chi connectivity index (χ0n) is 14.5. The first-order valence-corrected chi connectivity index (χ1v) is 7.99. The summed E-state index contributed by atoms with van der Waals surface area (Å²) in [4.78, 5) is 23.1. The normalized spacial score (nSPS) is 10.3. The Morgan fingerprint density at radius 3 is 2.74 bits per heavy atom. The molecule has 0 aliphatic heterocycles. The minimum absolute atomic E-state index is 0.0888. The van der Waals surface area contributed by atoms with Gasteiger partial charge in [-0.2, -0.15) is 0 Å². The van der Waals surface area contributed by atoms with Crippen molar-refractivity contribution in [1.29, 1.82) is 0 Å². The van der Waals surface area contributed by atoms with Gasteiger partial charge in [-0.15, -0.1) is 0 Å². The Kier molecular flexibility index (Phi) is 5.36. The summed E-state index contributed by atoms with van der Waals surface area (Å²) in [5, 5.41) is 6.38. The lowest BCUT2D eigenvalue weighted by molar-refractivity contribution is 0.0437. The number of carbonyl (C=O) groups excluding carboxylic acids is 2. The summed E-state index contributed by atoms with van der Waals surface area (Å²) >= 11 is 0. The number of esters is 1.